The second-order valence-electron chi connectivity index (χ2n) is 4.03. The second kappa shape index (κ2) is 5.78. The van der Waals surface area contributed by atoms with Crippen LogP contribution in [0, 0.1) is 0 Å². The highest BCUT2D eigenvalue weighted by atomic mass is 79.9. The van der Waals surface area contributed by atoms with Crippen LogP contribution in [0.5, 0.6) is 0 Å². The average molecular weight is 355 g/mol. The van der Waals surface area contributed by atoms with Crippen LogP contribution in [0.2, 0.25) is 0 Å². The second-order valence-corrected chi connectivity index (χ2v) is 5.93. The van der Waals surface area contributed by atoms with E-state index in [0.29, 0.717) is 10.7 Å². The molecule has 88 valence electrons. The van der Waals surface area contributed by atoms with Crippen molar-refractivity contribution >= 4 is 31.9 Å². The van der Waals surface area contributed by atoms with Crippen molar-refractivity contribution in [3.05, 3.63) is 64.4 Å². The van der Waals surface area contributed by atoms with Gasteiger partial charge in [0.25, 0.3) is 0 Å². The predicted molar refractivity (Wildman–Crippen MR) is 78.5 cm³/mol. The summed E-state index contributed by atoms with van der Waals surface area (Å²) in [5, 5.41) is 0. The Balaban J connectivity index is 2.23. The van der Waals surface area contributed by atoms with E-state index in [2.05, 4.69) is 74.1 Å². The number of halogens is 2. The van der Waals surface area contributed by atoms with Gasteiger partial charge in [-0.05, 0) is 41.3 Å². The standard InChI is InChI=1S/C14H13Br2N/c1-10(11-5-7-17-8-6-11)14(16)12-3-2-4-13(15)9-12/h2-10,14H,1H3. The molecule has 1 nitrogen and oxygen atoms in total. The van der Waals surface area contributed by atoms with Crippen LogP contribution >= 0.6 is 31.9 Å². The summed E-state index contributed by atoms with van der Waals surface area (Å²) in [6, 6.07) is 12.5. The molecule has 3 heteroatoms. The van der Waals surface area contributed by atoms with Crippen LogP contribution < -0.4 is 0 Å². The van der Waals surface area contributed by atoms with Gasteiger partial charge < -0.3 is 0 Å². The SMILES string of the molecule is CC(c1ccncc1)C(Br)c1cccc(Br)c1. The van der Waals surface area contributed by atoms with Gasteiger partial charge in [0.15, 0.2) is 0 Å². The van der Waals surface area contributed by atoms with Crippen LogP contribution in [0.15, 0.2) is 53.3 Å². The molecule has 1 aromatic heterocycles. The van der Waals surface area contributed by atoms with Gasteiger partial charge in [-0.15, -0.1) is 0 Å². The molecule has 0 saturated heterocycles. The number of hydrogen-bond acceptors (Lipinski definition) is 1. The van der Waals surface area contributed by atoms with Crippen molar-refractivity contribution in [2.45, 2.75) is 17.7 Å². The third-order valence-corrected chi connectivity index (χ3v) is 4.65. The molecule has 0 amide bonds. The van der Waals surface area contributed by atoms with Gasteiger partial charge in [-0.3, -0.25) is 4.98 Å². The number of nitrogens with zero attached hydrogens (tertiary/aromatic N) is 1. The van der Waals surface area contributed by atoms with Gasteiger partial charge in [-0.25, -0.2) is 0 Å². The molecule has 1 aromatic carbocycles. The summed E-state index contributed by atoms with van der Waals surface area (Å²) in [5.41, 5.74) is 2.57. The smallest absolute Gasteiger partial charge is 0.0461 e. The van der Waals surface area contributed by atoms with Gasteiger partial charge in [-0.1, -0.05) is 50.9 Å². The van der Waals surface area contributed by atoms with E-state index in [4.69, 9.17) is 0 Å². The summed E-state index contributed by atoms with van der Waals surface area (Å²) in [7, 11) is 0. The van der Waals surface area contributed by atoms with Crippen LogP contribution in [0.3, 0.4) is 0 Å². The van der Waals surface area contributed by atoms with Crippen LogP contribution in [0.25, 0.3) is 0 Å². The maximum absolute atomic E-state index is 4.05. The molecule has 0 fully saturated rings. The highest BCUT2D eigenvalue weighted by Gasteiger charge is 2.17. The van der Waals surface area contributed by atoms with E-state index in [1.165, 1.54) is 11.1 Å². The lowest BCUT2D eigenvalue weighted by molar-refractivity contribution is 0.750. The van der Waals surface area contributed by atoms with Gasteiger partial charge in [0, 0.05) is 21.7 Å². The van der Waals surface area contributed by atoms with Gasteiger partial charge in [0.2, 0.25) is 0 Å². The molecule has 0 spiro atoms. The van der Waals surface area contributed by atoms with Crippen molar-refractivity contribution in [2.24, 2.45) is 0 Å². The lowest BCUT2D eigenvalue weighted by Crippen LogP contribution is -2.02. The number of benzene rings is 1. The molecule has 17 heavy (non-hydrogen) atoms. The normalized spacial score (nSPS) is 14.3. The molecule has 2 rings (SSSR count). The Morgan fingerprint density at radius 1 is 1.06 bits per heavy atom. The zero-order chi connectivity index (χ0) is 12.3. The fraction of sp³-hybridized carbons (Fsp3) is 0.214. The summed E-state index contributed by atoms with van der Waals surface area (Å²) in [6.45, 7) is 2.22. The number of pyridine rings is 1. The molecule has 0 bridgehead atoms. The highest BCUT2D eigenvalue weighted by molar-refractivity contribution is 9.10. The first-order valence-electron chi connectivity index (χ1n) is 5.48. The van der Waals surface area contributed by atoms with Crippen molar-refractivity contribution in [1.29, 1.82) is 0 Å². The first-order chi connectivity index (χ1) is 8.18. The third kappa shape index (κ3) is 3.17. The number of hydrogen-bond donors (Lipinski definition) is 0. The lowest BCUT2D eigenvalue weighted by atomic mass is 9.94. The fourth-order valence-electron chi connectivity index (χ4n) is 1.80. The summed E-state index contributed by atoms with van der Waals surface area (Å²) in [4.78, 5) is 4.36. The topological polar surface area (TPSA) is 12.9 Å². The van der Waals surface area contributed by atoms with E-state index < -0.39 is 0 Å². The van der Waals surface area contributed by atoms with Gasteiger partial charge in [0.05, 0.1) is 0 Å². The first-order valence-corrected chi connectivity index (χ1v) is 7.19. The monoisotopic (exact) mass is 353 g/mol. The minimum absolute atomic E-state index is 0.308. The molecule has 0 aliphatic carbocycles. The highest BCUT2D eigenvalue weighted by Crippen LogP contribution is 2.38. The molecule has 0 aliphatic heterocycles. The van der Waals surface area contributed by atoms with Crippen LogP contribution in [-0.4, -0.2) is 4.98 Å². The molecule has 0 saturated carbocycles. The summed E-state index contributed by atoms with van der Waals surface area (Å²) in [5.74, 6) is 0.410. The van der Waals surface area contributed by atoms with Crippen LogP contribution in [0.4, 0.5) is 0 Å². The summed E-state index contributed by atoms with van der Waals surface area (Å²) >= 11 is 7.29. The van der Waals surface area contributed by atoms with Crippen molar-refractivity contribution < 1.29 is 0 Å². The Morgan fingerprint density at radius 3 is 2.41 bits per heavy atom. The van der Waals surface area contributed by atoms with Crippen molar-refractivity contribution in [1.82, 2.24) is 4.98 Å². The summed E-state index contributed by atoms with van der Waals surface area (Å²) < 4.78 is 1.11. The zero-order valence-electron chi connectivity index (χ0n) is 9.48. The molecule has 2 atom stereocenters. The van der Waals surface area contributed by atoms with E-state index in [1.54, 1.807) is 0 Å². The Hall–Kier alpha value is -0.670. The van der Waals surface area contributed by atoms with Crippen molar-refractivity contribution in [3.8, 4) is 0 Å². The van der Waals surface area contributed by atoms with E-state index in [0.717, 1.165) is 4.47 Å². The minimum atomic E-state index is 0.308. The average Bonchev–Trinajstić information content (AvgIpc) is 2.38. The fourth-order valence-corrected chi connectivity index (χ4v) is 2.81. The maximum Gasteiger partial charge on any atom is 0.0461 e. The van der Waals surface area contributed by atoms with Gasteiger partial charge >= 0.3 is 0 Å². The molecular weight excluding hydrogens is 342 g/mol. The predicted octanol–water partition coefficient (Wildman–Crippen LogP) is 5.08. The lowest BCUT2D eigenvalue weighted by Gasteiger charge is -2.19. The molecule has 0 radical (unpaired) electrons. The maximum atomic E-state index is 4.05. The van der Waals surface area contributed by atoms with Crippen LogP contribution in [0.1, 0.15) is 28.8 Å². The Labute approximate surface area is 119 Å². The van der Waals surface area contributed by atoms with Gasteiger partial charge in [0.1, 0.15) is 0 Å². The number of rotatable bonds is 3. The largest absolute Gasteiger partial charge is 0.265 e. The molecule has 0 aliphatic rings. The van der Waals surface area contributed by atoms with Crippen molar-refractivity contribution in [2.75, 3.05) is 0 Å². The van der Waals surface area contributed by atoms with Crippen LogP contribution in [-0.2, 0) is 0 Å². The molecular formula is C14H13Br2N. The van der Waals surface area contributed by atoms with E-state index >= 15 is 0 Å². The third-order valence-electron chi connectivity index (χ3n) is 2.84. The molecule has 2 aromatic rings. The van der Waals surface area contributed by atoms with Gasteiger partial charge in [-0.2, -0.15) is 0 Å². The number of alkyl halides is 1. The Kier molecular flexibility index (Phi) is 4.35. The Morgan fingerprint density at radius 2 is 1.76 bits per heavy atom. The molecule has 1 heterocycles. The minimum Gasteiger partial charge on any atom is -0.265 e. The van der Waals surface area contributed by atoms with E-state index in [-0.39, 0.29) is 0 Å². The molecule has 2 unspecified atom stereocenters. The van der Waals surface area contributed by atoms with E-state index in [1.807, 2.05) is 18.5 Å². The van der Waals surface area contributed by atoms with E-state index in [9.17, 15) is 0 Å². The Bertz CT molecular complexity index is 485. The molecule has 0 N–H and O–H groups in total. The first kappa shape index (κ1) is 12.8. The zero-order valence-corrected chi connectivity index (χ0v) is 12.6. The summed E-state index contributed by atoms with van der Waals surface area (Å²) in [6.07, 6.45) is 3.68. The number of aromatic nitrogens is 1. The quantitative estimate of drug-likeness (QED) is 0.700. The van der Waals surface area contributed by atoms with Crippen molar-refractivity contribution in [3.63, 3.8) is 0 Å².